The fraction of sp³-hybridized carbons (Fsp3) is 0.0435. The Balaban J connectivity index is 1.60. The van der Waals surface area contributed by atoms with Crippen LogP contribution in [0.15, 0.2) is 75.7 Å². The van der Waals surface area contributed by atoms with Crippen molar-refractivity contribution in [1.29, 1.82) is 0 Å². The molecule has 0 spiro atoms. The van der Waals surface area contributed by atoms with E-state index in [0.29, 0.717) is 11.4 Å². The summed E-state index contributed by atoms with van der Waals surface area (Å²) < 4.78 is 8.23. The Morgan fingerprint density at radius 1 is 1.10 bits per heavy atom. The molecule has 1 amide bonds. The van der Waals surface area contributed by atoms with Crippen molar-refractivity contribution in [2.75, 3.05) is 12.4 Å². The molecule has 7 heteroatoms. The third kappa shape index (κ3) is 4.48. The zero-order valence-corrected chi connectivity index (χ0v) is 19.8. The molecule has 1 N–H and O–H groups in total. The highest BCUT2D eigenvalue weighted by Crippen LogP contribution is 2.35. The molecule has 0 aliphatic heterocycles. The van der Waals surface area contributed by atoms with Crippen molar-refractivity contribution in [3.05, 3.63) is 81.2 Å². The van der Waals surface area contributed by atoms with E-state index in [1.807, 2.05) is 60.7 Å². The molecule has 30 heavy (non-hydrogen) atoms. The van der Waals surface area contributed by atoms with Gasteiger partial charge in [0.1, 0.15) is 10.8 Å². The number of carbonyl (C=O) groups is 1. The quantitative estimate of drug-likeness (QED) is 0.272. The number of fused-ring (bicyclic) bond motifs is 1. The summed E-state index contributed by atoms with van der Waals surface area (Å²) in [5, 5.41) is 3.84. The summed E-state index contributed by atoms with van der Waals surface area (Å²) in [4.78, 5) is 17.3. The second-order valence-electron chi connectivity index (χ2n) is 6.36. The van der Waals surface area contributed by atoms with E-state index in [1.54, 1.807) is 24.5 Å². The van der Waals surface area contributed by atoms with Crippen molar-refractivity contribution < 1.29 is 9.53 Å². The number of nitrogens with zero attached hydrogens (tertiary/aromatic N) is 1. The Morgan fingerprint density at radius 3 is 2.67 bits per heavy atom. The number of benzene rings is 3. The summed E-state index contributed by atoms with van der Waals surface area (Å²) in [7, 11) is 1.60. The second kappa shape index (κ2) is 9.12. The highest BCUT2D eigenvalue weighted by atomic mass is 79.9. The summed E-state index contributed by atoms with van der Waals surface area (Å²) in [6.45, 7) is 0. The van der Waals surface area contributed by atoms with Crippen LogP contribution >= 0.6 is 43.2 Å². The molecule has 0 saturated carbocycles. The molecule has 4 nitrogen and oxygen atoms in total. The van der Waals surface area contributed by atoms with Gasteiger partial charge >= 0.3 is 0 Å². The van der Waals surface area contributed by atoms with Gasteiger partial charge in [-0.1, -0.05) is 40.2 Å². The van der Waals surface area contributed by atoms with Crippen LogP contribution in [0.2, 0.25) is 0 Å². The average Bonchev–Trinajstić information content (AvgIpc) is 3.16. The predicted octanol–water partition coefficient (Wildman–Crippen LogP) is 7.15. The number of hydrogen-bond donors (Lipinski definition) is 1. The minimum absolute atomic E-state index is 0.235. The zero-order valence-electron chi connectivity index (χ0n) is 15.9. The first-order chi connectivity index (χ1) is 14.5. The van der Waals surface area contributed by atoms with Crippen LogP contribution in [0, 0.1) is 0 Å². The molecule has 4 rings (SSSR count). The molecule has 1 aromatic heterocycles. The number of nitrogens with one attached hydrogen (secondary N) is 1. The van der Waals surface area contributed by atoms with Gasteiger partial charge in [-0.25, -0.2) is 4.98 Å². The fourth-order valence-corrected chi connectivity index (χ4v) is 5.45. The minimum Gasteiger partial charge on any atom is -0.495 e. The number of aromatic nitrogens is 1. The molecule has 0 radical (unpaired) electrons. The maximum absolute atomic E-state index is 12.6. The van der Waals surface area contributed by atoms with E-state index in [4.69, 9.17) is 9.72 Å². The van der Waals surface area contributed by atoms with Crippen LogP contribution in [0.5, 0.6) is 5.75 Å². The van der Waals surface area contributed by atoms with Crippen LogP contribution in [0.4, 0.5) is 5.69 Å². The van der Waals surface area contributed by atoms with E-state index >= 15 is 0 Å². The second-order valence-corrected chi connectivity index (χ2v) is 9.17. The highest BCUT2D eigenvalue weighted by Gasteiger charge is 2.12. The van der Waals surface area contributed by atoms with E-state index < -0.39 is 0 Å². The Hall–Kier alpha value is -2.48. The molecule has 1 heterocycles. The molecule has 0 saturated heterocycles. The summed E-state index contributed by atoms with van der Waals surface area (Å²) in [6.07, 6.45) is 3.22. The molecule has 4 aromatic rings. The Labute approximate surface area is 194 Å². The number of amides is 1. The minimum atomic E-state index is -0.235. The Morgan fingerprint density at radius 2 is 1.87 bits per heavy atom. The van der Waals surface area contributed by atoms with Gasteiger partial charge in [-0.2, -0.15) is 0 Å². The highest BCUT2D eigenvalue weighted by molar-refractivity contribution is 9.11. The Bertz CT molecular complexity index is 1230. The lowest BCUT2D eigenvalue weighted by Crippen LogP contribution is -2.08. The van der Waals surface area contributed by atoms with Crippen molar-refractivity contribution in [1.82, 2.24) is 4.98 Å². The van der Waals surface area contributed by atoms with Crippen LogP contribution < -0.4 is 10.1 Å². The maximum atomic E-state index is 12.6. The van der Waals surface area contributed by atoms with E-state index in [2.05, 4.69) is 37.2 Å². The summed E-state index contributed by atoms with van der Waals surface area (Å²) >= 11 is 8.54. The third-order valence-electron chi connectivity index (χ3n) is 4.36. The first-order valence-electron chi connectivity index (χ1n) is 9.02. The van der Waals surface area contributed by atoms with Crippen LogP contribution in [-0.4, -0.2) is 18.0 Å². The third-order valence-corrected chi connectivity index (χ3v) is 6.48. The number of halogens is 2. The first kappa shape index (κ1) is 20.8. The number of anilines is 1. The average molecular weight is 544 g/mol. The van der Waals surface area contributed by atoms with Crippen molar-refractivity contribution in [3.63, 3.8) is 0 Å². The number of ether oxygens (including phenoxy) is 1. The van der Waals surface area contributed by atoms with Gasteiger partial charge in [-0.05, 0) is 58.4 Å². The maximum Gasteiger partial charge on any atom is 0.248 e. The van der Waals surface area contributed by atoms with Crippen molar-refractivity contribution in [2.45, 2.75) is 0 Å². The van der Waals surface area contributed by atoms with Crippen LogP contribution in [0.1, 0.15) is 5.56 Å². The molecule has 150 valence electrons. The van der Waals surface area contributed by atoms with Gasteiger partial charge in [0, 0.05) is 21.7 Å². The largest absolute Gasteiger partial charge is 0.495 e. The number of carbonyl (C=O) groups excluding carboxylic acids is 1. The number of rotatable bonds is 5. The van der Waals surface area contributed by atoms with Crippen LogP contribution in [-0.2, 0) is 4.79 Å². The summed E-state index contributed by atoms with van der Waals surface area (Å²) in [6, 6.07) is 19.5. The number of para-hydroxylation sites is 2. The van der Waals surface area contributed by atoms with Gasteiger partial charge in [-0.3, -0.25) is 4.79 Å². The van der Waals surface area contributed by atoms with E-state index in [0.717, 1.165) is 35.3 Å². The Kier molecular flexibility index (Phi) is 6.32. The standard InChI is InChI=1S/C23H16Br2N2O2S/c1-29-22-14(12-15(24)13-17(22)25)10-11-21(28)26-18-7-3-2-6-16(18)23-27-19-8-4-5-9-20(19)30-23/h2-13H,1H3,(H,26,28). The molecule has 0 bridgehead atoms. The van der Waals surface area contributed by atoms with Gasteiger partial charge in [0.05, 0.1) is 27.5 Å². The van der Waals surface area contributed by atoms with E-state index in [-0.39, 0.29) is 5.91 Å². The van der Waals surface area contributed by atoms with Crippen molar-refractivity contribution >= 4 is 71.1 Å². The molecule has 0 aliphatic carbocycles. The fourth-order valence-electron chi connectivity index (χ4n) is 3.03. The van der Waals surface area contributed by atoms with Crippen LogP contribution in [0.3, 0.4) is 0 Å². The predicted molar refractivity (Wildman–Crippen MR) is 131 cm³/mol. The van der Waals surface area contributed by atoms with Gasteiger partial charge in [0.25, 0.3) is 0 Å². The molecular formula is C23H16Br2N2O2S. The van der Waals surface area contributed by atoms with Gasteiger partial charge < -0.3 is 10.1 Å². The molecule has 0 aliphatic rings. The monoisotopic (exact) mass is 542 g/mol. The number of hydrogen-bond acceptors (Lipinski definition) is 4. The van der Waals surface area contributed by atoms with Crippen LogP contribution in [0.25, 0.3) is 26.9 Å². The topological polar surface area (TPSA) is 51.2 Å². The van der Waals surface area contributed by atoms with E-state index in [9.17, 15) is 4.79 Å². The smallest absolute Gasteiger partial charge is 0.248 e. The molecular weight excluding hydrogens is 528 g/mol. The van der Waals surface area contributed by atoms with Gasteiger partial charge in [0.2, 0.25) is 5.91 Å². The molecule has 3 aromatic carbocycles. The number of thiazole rings is 1. The molecule has 0 fully saturated rings. The van der Waals surface area contributed by atoms with Crippen molar-refractivity contribution in [3.8, 4) is 16.3 Å². The zero-order chi connectivity index (χ0) is 21.1. The lowest BCUT2D eigenvalue weighted by Gasteiger charge is -2.09. The molecule has 0 atom stereocenters. The van der Waals surface area contributed by atoms with E-state index in [1.165, 1.54) is 6.08 Å². The summed E-state index contributed by atoms with van der Waals surface area (Å²) in [5.74, 6) is 0.429. The normalized spacial score (nSPS) is 11.2. The van der Waals surface area contributed by atoms with Gasteiger partial charge in [-0.15, -0.1) is 11.3 Å². The lowest BCUT2D eigenvalue weighted by molar-refractivity contribution is -0.111. The van der Waals surface area contributed by atoms with Crippen molar-refractivity contribution in [2.24, 2.45) is 0 Å². The number of methoxy groups -OCH3 is 1. The summed E-state index contributed by atoms with van der Waals surface area (Å²) in [5.41, 5.74) is 3.34. The molecule has 0 unspecified atom stereocenters. The van der Waals surface area contributed by atoms with Gasteiger partial charge in [0.15, 0.2) is 0 Å². The first-order valence-corrected chi connectivity index (χ1v) is 11.4. The SMILES string of the molecule is COc1c(Br)cc(Br)cc1C=CC(=O)Nc1ccccc1-c1nc2ccccc2s1. The lowest BCUT2D eigenvalue weighted by atomic mass is 10.1.